The highest BCUT2D eigenvalue weighted by Crippen LogP contribution is 2.19. The third kappa shape index (κ3) is 4.94. The lowest BCUT2D eigenvalue weighted by molar-refractivity contribution is 0.194. The predicted octanol–water partition coefficient (Wildman–Crippen LogP) is 3.97. The highest BCUT2D eigenvalue weighted by atomic mass is 19.1. The van der Waals surface area contributed by atoms with E-state index in [1.807, 2.05) is 42.0 Å². The lowest BCUT2D eigenvalue weighted by atomic mass is 10.1. The summed E-state index contributed by atoms with van der Waals surface area (Å²) in [6.45, 7) is 3.13. The first kappa shape index (κ1) is 18.6. The molecule has 1 unspecified atom stereocenters. The summed E-state index contributed by atoms with van der Waals surface area (Å²) in [7, 11) is 1.73. The number of halogens is 1. The SMILES string of the molecule is CC(c1ccc(F)cc1)N(C)C(=O)NCc1ccc(Cn2ccnc2)cc1. The molecule has 27 heavy (non-hydrogen) atoms. The highest BCUT2D eigenvalue weighted by Gasteiger charge is 2.17. The molecule has 1 aromatic heterocycles. The van der Waals surface area contributed by atoms with Gasteiger partial charge in [-0.1, -0.05) is 36.4 Å². The second-order valence-electron chi connectivity index (χ2n) is 6.55. The smallest absolute Gasteiger partial charge is 0.317 e. The molecule has 2 aromatic carbocycles. The lowest BCUT2D eigenvalue weighted by Crippen LogP contribution is -2.38. The van der Waals surface area contributed by atoms with Crippen LogP contribution in [0.2, 0.25) is 0 Å². The second kappa shape index (κ2) is 8.49. The Labute approximate surface area is 158 Å². The molecule has 3 rings (SSSR count). The van der Waals surface area contributed by atoms with Gasteiger partial charge in [0.1, 0.15) is 5.82 Å². The van der Waals surface area contributed by atoms with Gasteiger partial charge in [0.2, 0.25) is 0 Å². The summed E-state index contributed by atoms with van der Waals surface area (Å²) in [5.41, 5.74) is 3.09. The van der Waals surface area contributed by atoms with Crippen molar-refractivity contribution in [1.82, 2.24) is 19.8 Å². The minimum atomic E-state index is -0.283. The molecule has 1 N–H and O–H groups in total. The van der Waals surface area contributed by atoms with Crippen molar-refractivity contribution in [2.45, 2.75) is 26.1 Å². The first-order valence-corrected chi connectivity index (χ1v) is 8.82. The standard InChI is InChI=1S/C21H23FN4O/c1-16(19-7-9-20(22)10-8-19)25(2)21(27)24-13-17-3-5-18(6-4-17)14-26-12-11-23-15-26/h3-12,15-16H,13-14H2,1-2H3,(H,24,27). The van der Waals surface area contributed by atoms with E-state index in [4.69, 9.17) is 0 Å². The Hall–Kier alpha value is -3.15. The number of hydrogen-bond donors (Lipinski definition) is 1. The maximum absolute atomic E-state index is 13.1. The van der Waals surface area contributed by atoms with Crippen molar-refractivity contribution in [3.8, 4) is 0 Å². The minimum absolute atomic E-state index is 0.150. The van der Waals surface area contributed by atoms with E-state index in [9.17, 15) is 9.18 Å². The highest BCUT2D eigenvalue weighted by molar-refractivity contribution is 5.74. The van der Waals surface area contributed by atoms with Crippen molar-refractivity contribution in [2.75, 3.05) is 7.05 Å². The number of carbonyl (C=O) groups is 1. The topological polar surface area (TPSA) is 50.2 Å². The van der Waals surface area contributed by atoms with Crippen LogP contribution in [0.3, 0.4) is 0 Å². The molecule has 0 fully saturated rings. The van der Waals surface area contributed by atoms with Crippen LogP contribution in [0.1, 0.15) is 29.7 Å². The van der Waals surface area contributed by atoms with Gasteiger partial charge in [-0.2, -0.15) is 0 Å². The van der Waals surface area contributed by atoms with E-state index in [2.05, 4.69) is 10.3 Å². The van der Waals surface area contributed by atoms with Gasteiger partial charge in [-0.25, -0.2) is 14.2 Å². The van der Waals surface area contributed by atoms with Crippen LogP contribution in [0.4, 0.5) is 9.18 Å². The Morgan fingerprint density at radius 2 is 1.81 bits per heavy atom. The van der Waals surface area contributed by atoms with Crippen LogP contribution in [0.25, 0.3) is 0 Å². The van der Waals surface area contributed by atoms with Crippen molar-refractivity contribution in [3.63, 3.8) is 0 Å². The fourth-order valence-corrected chi connectivity index (χ4v) is 2.80. The number of nitrogens with one attached hydrogen (secondary N) is 1. The van der Waals surface area contributed by atoms with Crippen molar-refractivity contribution < 1.29 is 9.18 Å². The van der Waals surface area contributed by atoms with Crippen molar-refractivity contribution in [1.29, 1.82) is 0 Å². The molecular formula is C21H23FN4O. The molecule has 3 aromatic rings. The predicted molar refractivity (Wildman–Crippen MR) is 103 cm³/mol. The quantitative estimate of drug-likeness (QED) is 0.718. The maximum Gasteiger partial charge on any atom is 0.317 e. The number of amides is 2. The Bertz CT molecular complexity index is 860. The minimum Gasteiger partial charge on any atom is -0.334 e. The average Bonchev–Trinajstić information content (AvgIpc) is 3.19. The molecule has 5 nitrogen and oxygen atoms in total. The molecule has 0 radical (unpaired) electrons. The summed E-state index contributed by atoms with van der Waals surface area (Å²) in [5.74, 6) is -0.283. The van der Waals surface area contributed by atoms with Gasteiger partial charge in [0.25, 0.3) is 0 Å². The van der Waals surface area contributed by atoms with Crippen LogP contribution in [-0.2, 0) is 13.1 Å². The molecule has 0 aliphatic carbocycles. The van der Waals surface area contributed by atoms with Gasteiger partial charge in [-0.05, 0) is 35.7 Å². The van der Waals surface area contributed by atoms with Crippen LogP contribution in [-0.4, -0.2) is 27.5 Å². The van der Waals surface area contributed by atoms with E-state index in [0.29, 0.717) is 6.54 Å². The van der Waals surface area contributed by atoms with Crippen LogP contribution >= 0.6 is 0 Å². The van der Waals surface area contributed by atoms with Crippen molar-refractivity contribution in [2.24, 2.45) is 0 Å². The van der Waals surface area contributed by atoms with E-state index in [1.165, 1.54) is 17.7 Å². The number of aromatic nitrogens is 2. The summed E-state index contributed by atoms with van der Waals surface area (Å²) in [4.78, 5) is 18.1. The molecule has 1 atom stereocenters. The Kier molecular flexibility index (Phi) is 5.86. The van der Waals surface area contributed by atoms with Crippen LogP contribution < -0.4 is 5.32 Å². The van der Waals surface area contributed by atoms with Crippen LogP contribution in [0, 0.1) is 5.82 Å². The van der Waals surface area contributed by atoms with Crippen molar-refractivity contribution >= 4 is 6.03 Å². The second-order valence-corrected chi connectivity index (χ2v) is 6.55. The monoisotopic (exact) mass is 366 g/mol. The first-order valence-electron chi connectivity index (χ1n) is 8.82. The van der Waals surface area contributed by atoms with E-state index in [-0.39, 0.29) is 17.9 Å². The Morgan fingerprint density at radius 1 is 1.15 bits per heavy atom. The maximum atomic E-state index is 13.1. The van der Waals surface area contributed by atoms with Gasteiger partial charge < -0.3 is 14.8 Å². The third-order valence-corrected chi connectivity index (χ3v) is 4.64. The number of imidazole rings is 1. The number of hydrogen-bond acceptors (Lipinski definition) is 2. The number of benzene rings is 2. The van der Waals surface area contributed by atoms with Gasteiger partial charge in [-0.3, -0.25) is 0 Å². The Morgan fingerprint density at radius 3 is 2.44 bits per heavy atom. The summed E-state index contributed by atoms with van der Waals surface area (Å²) in [6.07, 6.45) is 5.46. The number of nitrogens with zero attached hydrogens (tertiary/aromatic N) is 3. The summed E-state index contributed by atoms with van der Waals surface area (Å²) in [5, 5.41) is 2.92. The molecule has 0 saturated heterocycles. The molecule has 6 heteroatoms. The largest absolute Gasteiger partial charge is 0.334 e. The van der Waals surface area contributed by atoms with E-state index in [1.54, 1.807) is 36.6 Å². The fraction of sp³-hybridized carbons (Fsp3) is 0.238. The molecule has 0 saturated carbocycles. The zero-order valence-corrected chi connectivity index (χ0v) is 15.5. The molecule has 140 valence electrons. The van der Waals surface area contributed by atoms with Gasteiger partial charge in [0.15, 0.2) is 0 Å². The molecule has 2 amide bonds. The van der Waals surface area contributed by atoms with Gasteiger partial charge in [0.05, 0.1) is 12.4 Å². The van der Waals surface area contributed by atoms with E-state index < -0.39 is 0 Å². The molecule has 0 aliphatic heterocycles. The third-order valence-electron chi connectivity index (χ3n) is 4.64. The molecule has 0 aliphatic rings. The van der Waals surface area contributed by atoms with Gasteiger partial charge in [0, 0.05) is 32.5 Å². The Balaban J connectivity index is 1.52. The number of urea groups is 1. The van der Waals surface area contributed by atoms with E-state index >= 15 is 0 Å². The zero-order chi connectivity index (χ0) is 19.2. The first-order chi connectivity index (χ1) is 13.0. The fourth-order valence-electron chi connectivity index (χ4n) is 2.80. The van der Waals surface area contributed by atoms with Crippen LogP contribution in [0.5, 0.6) is 0 Å². The average molecular weight is 366 g/mol. The molecule has 1 heterocycles. The van der Waals surface area contributed by atoms with Gasteiger partial charge >= 0.3 is 6.03 Å². The molecule has 0 bridgehead atoms. The van der Waals surface area contributed by atoms with Crippen LogP contribution in [0.15, 0.2) is 67.3 Å². The summed E-state index contributed by atoms with van der Waals surface area (Å²) in [6, 6.07) is 14.0. The van der Waals surface area contributed by atoms with E-state index in [0.717, 1.165) is 17.7 Å². The number of carbonyl (C=O) groups excluding carboxylic acids is 1. The number of rotatable bonds is 6. The molecular weight excluding hydrogens is 343 g/mol. The van der Waals surface area contributed by atoms with Crippen molar-refractivity contribution in [3.05, 3.63) is 89.8 Å². The summed E-state index contributed by atoms with van der Waals surface area (Å²) < 4.78 is 15.1. The van der Waals surface area contributed by atoms with Gasteiger partial charge in [-0.15, -0.1) is 0 Å². The normalized spacial score (nSPS) is 11.8. The lowest BCUT2D eigenvalue weighted by Gasteiger charge is -2.25. The molecule has 0 spiro atoms. The zero-order valence-electron chi connectivity index (χ0n) is 15.5. The summed E-state index contributed by atoms with van der Waals surface area (Å²) >= 11 is 0.